The lowest BCUT2D eigenvalue weighted by Gasteiger charge is -2.31. The van der Waals surface area contributed by atoms with Gasteiger partial charge in [0.1, 0.15) is 0 Å². The Kier molecular flexibility index (Phi) is 9.37. The molecule has 0 heterocycles. The summed E-state index contributed by atoms with van der Waals surface area (Å²) in [5.41, 5.74) is 3.22. The number of amides is 1. The zero-order chi connectivity index (χ0) is 19.5. The van der Waals surface area contributed by atoms with Crippen molar-refractivity contribution in [2.24, 2.45) is 0 Å². The monoisotopic (exact) mass is 386 g/mol. The van der Waals surface area contributed by atoms with E-state index < -0.39 is 0 Å². The normalized spacial score (nSPS) is 14.4. The summed E-state index contributed by atoms with van der Waals surface area (Å²) in [7, 11) is 2.14. The summed E-state index contributed by atoms with van der Waals surface area (Å²) in [6.07, 6.45) is 8.35. The number of rotatable bonds is 6. The summed E-state index contributed by atoms with van der Waals surface area (Å²) in [5, 5.41) is 3.45. The largest absolute Gasteiger partial charge is 0.328 e. The van der Waals surface area contributed by atoms with Crippen LogP contribution in [0.15, 0.2) is 48.5 Å². The third-order valence-electron chi connectivity index (χ3n) is 5.19. The quantitative estimate of drug-likeness (QED) is 0.624. The van der Waals surface area contributed by atoms with E-state index in [1.807, 2.05) is 24.3 Å². The first-order valence-electron chi connectivity index (χ1n) is 9.87. The molecule has 2 aromatic rings. The van der Waals surface area contributed by atoms with Gasteiger partial charge in [0.25, 0.3) is 0 Å². The first kappa shape index (κ1) is 21.5. The Bertz CT molecular complexity index is 684. The number of hydrogen-bond donors (Lipinski definition) is 1. The van der Waals surface area contributed by atoms with Gasteiger partial charge in [-0.2, -0.15) is 0 Å². The van der Waals surface area contributed by atoms with Crippen molar-refractivity contribution >= 4 is 23.7 Å². The van der Waals surface area contributed by atoms with Gasteiger partial charge >= 0.3 is 0 Å². The SMILES string of the molecule is CCc1ccccc1.CN(Cc1c(Cl)cccc1NC=O)C1CCCCC1. The molecule has 146 valence electrons. The van der Waals surface area contributed by atoms with E-state index in [1.165, 1.54) is 37.7 Å². The number of nitrogens with zero attached hydrogens (tertiary/aromatic N) is 1. The molecule has 0 saturated heterocycles. The summed E-state index contributed by atoms with van der Waals surface area (Å²) >= 11 is 6.27. The van der Waals surface area contributed by atoms with Crippen LogP contribution in [0.5, 0.6) is 0 Å². The summed E-state index contributed by atoms with van der Waals surface area (Å²) in [6, 6.07) is 16.7. The van der Waals surface area contributed by atoms with Crippen LogP contribution in [-0.2, 0) is 17.8 Å². The Morgan fingerprint density at radius 3 is 2.37 bits per heavy atom. The molecule has 1 amide bonds. The highest BCUT2D eigenvalue weighted by atomic mass is 35.5. The van der Waals surface area contributed by atoms with Crippen molar-refractivity contribution in [3.63, 3.8) is 0 Å². The van der Waals surface area contributed by atoms with Gasteiger partial charge in [0.05, 0.1) is 0 Å². The Balaban J connectivity index is 0.000000273. The molecular weight excluding hydrogens is 356 g/mol. The summed E-state index contributed by atoms with van der Waals surface area (Å²) in [4.78, 5) is 13.0. The molecule has 0 atom stereocenters. The minimum Gasteiger partial charge on any atom is -0.328 e. The number of nitrogens with one attached hydrogen (secondary N) is 1. The third kappa shape index (κ3) is 7.00. The van der Waals surface area contributed by atoms with E-state index in [-0.39, 0.29) is 0 Å². The topological polar surface area (TPSA) is 32.3 Å². The van der Waals surface area contributed by atoms with Gasteiger partial charge in [0, 0.05) is 28.9 Å². The molecule has 1 aliphatic rings. The Hall–Kier alpha value is -1.84. The molecule has 3 nitrogen and oxygen atoms in total. The van der Waals surface area contributed by atoms with Crippen molar-refractivity contribution in [2.75, 3.05) is 12.4 Å². The third-order valence-corrected chi connectivity index (χ3v) is 5.54. The van der Waals surface area contributed by atoms with Crippen molar-refractivity contribution in [1.82, 2.24) is 4.90 Å². The number of hydrogen-bond acceptors (Lipinski definition) is 2. The van der Waals surface area contributed by atoms with Gasteiger partial charge in [0.15, 0.2) is 0 Å². The van der Waals surface area contributed by atoms with E-state index in [4.69, 9.17) is 11.6 Å². The molecule has 3 rings (SSSR count). The van der Waals surface area contributed by atoms with Crippen LogP contribution in [0.3, 0.4) is 0 Å². The molecular formula is C23H31ClN2O. The van der Waals surface area contributed by atoms with Crippen molar-refractivity contribution < 1.29 is 4.79 Å². The predicted octanol–water partition coefficient (Wildman–Crippen LogP) is 5.92. The van der Waals surface area contributed by atoms with Gasteiger partial charge in [-0.3, -0.25) is 9.69 Å². The van der Waals surface area contributed by atoms with E-state index in [2.05, 4.69) is 48.5 Å². The fourth-order valence-electron chi connectivity index (χ4n) is 3.53. The molecule has 0 aliphatic heterocycles. The minimum atomic E-state index is 0.633. The zero-order valence-corrected chi connectivity index (χ0v) is 17.2. The molecule has 0 bridgehead atoms. The molecule has 1 saturated carbocycles. The highest BCUT2D eigenvalue weighted by molar-refractivity contribution is 6.31. The number of halogens is 1. The second kappa shape index (κ2) is 11.8. The molecule has 1 aliphatic carbocycles. The predicted molar refractivity (Wildman–Crippen MR) is 115 cm³/mol. The van der Waals surface area contributed by atoms with Crippen LogP contribution >= 0.6 is 11.6 Å². The lowest BCUT2D eigenvalue weighted by Crippen LogP contribution is -2.33. The zero-order valence-electron chi connectivity index (χ0n) is 16.5. The molecule has 1 N–H and O–H groups in total. The summed E-state index contributed by atoms with van der Waals surface area (Å²) < 4.78 is 0. The van der Waals surface area contributed by atoms with Crippen LogP contribution in [0.2, 0.25) is 5.02 Å². The van der Waals surface area contributed by atoms with E-state index in [0.717, 1.165) is 29.2 Å². The second-order valence-electron chi connectivity index (χ2n) is 7.07. The Labute approximate surface area is 168 Å². The molecule has 0 aromatic heterocycles. The maximum atomic E-state index is 10.7. The van der Waals surface area contributed by atoms with Crippen molar-refractivity contribution in [3.05, 3.63) is 64.7 Å². The lowest BCUT2D eigenvalue weighted by atomic mass is 9.94. The molecule has 0 unspecified atom stereocenters. The van der Waals surface area contributed by atoms with Gasteiger partial charge in [-0.05, 0) is 44.0 Å². The number of carbonyl (C=O) groups excluding carboxylic acids is 1. The van der Waals surface area contributed by atoms with E-state index in [9.17, 15) is 4.79 Å². The van der Waals surface area contributed by atoms with Crippen LogP contribution in [-0.4, -0.2) is 24.4 Å². The van der Waals surface area contributed by atoms with Crippen molar-refractivity contribution in [3.8, 4) is 0 Å². The average Bonchev–Trinajstić information content (AvgIpc) is 2.72. The standard InChI is InChI=1S/C15H21ClN2O.C8H10/c1-18(12-6-3-2-4-7-12)10-13-14(16)8-5-9-15(13)17-11-19;1-2-8-6-4-3-5-7-8/h5,8-9,11-12H,2-4,6-7,10H2,1H3,(H,17,19);3-7H,2H2,1H3. The highest BCUT2D eigenvalue weighted by Gasteiger charge is 2.19. The Morgan fingerprint density at radius 2 is 1.78 bits per heavy atom. The van der Waals surface area contributed by atoms with Crippen LogP contribution in [0.1, 0.15) is 50.2 Å². The van der Waals surface area contributed by atoms with Crippen molar-refractivity contribution in [2.45, 2.75) is 58.0 Å². The van der Waals surface area contributed by atoms with E-state index >= 15 is 0 Å². The maximum absolute atomic E-state index is 10.7. The fraction of sp³-hybridized carbons (Fsp3) is 0.435. The molecule has 1 fully saturated rings. The van der Waals surface area contributed by atoms with Gasteiger partial charge in [-0.25, -0.2) is 0 Å². The number of anilines is 1. The minimum absolute atomic E-state index is 0.633. The van der Waals surface area contributed by atoms with Crippen LogP contribution in [0, 0.1) is 0 Å². The molecule has 0 radical (unpaired) electrons. The summed E-state index contributed by atoms with van der Waals surface area (Å²) in [6.45, 7) is 2.94. The van der Waals surface area contributed by atoms with Gasteiger partial charge in [0.2, 0.25) is 6.41 Å². The van der Waals surface area contributed by atoms with Crippen molar-refractivity contribution in [1.29, 1.82) is 0 Å². The number of aryl methyl sites for hydroxylation is 1. The van der Waals surface area contributed by atoms with Gasteiger partial charge in [-0.15, -0.1) is 0 Å². The first-order valence-corrected chi connectivity index (χ1v) is 10.2. The van der Waals surface area contributed by atoms with Crippen LogP contribution in [0.25, 0.3) is 0 Å². The van der Waals surface area contributed by atoms with Crippen LogP contribution in [0.4, 0.5) is 5.69 Å². The maximum Gasteiger partial charge on any atom is 0.211 e. The molecule has 27 heavy (non-hydrogen) atoms. The second-order valence-corrected chi connectivity index (χ2v) is 7.48. The first-order chi connectivity index (χ1) is 13.2. The van der Waals surface area contributed by atoms with Crippen LogP contribution < -0.4 is 5.32 Å². The lowest BCUT2D eigenvalue weighted by molar-refractivity contribution is -0.105. The fourth-order valence-corrected chi connectivity index (χ4v) is 3.77. The number of carbonyl (C=O) groups is 1. The Morgan fingerprint density at radius 1 is 1.07 bits per heavy atom. The molecule has 0 spiro atoms. The molecule has 4 heteroatoms. The smallest absolute Gasteiger partial charge is 0.211 e. The highest BCUT2D eigenvalue weighted by Crippen LogP contribution is 2.28. The average molecular weight is 387 g/mol. The number of benzene rings is 2. The van der Waals surface area contributed by atoms with E-state index in [0.29, 0.717) is 12.5 Å². The van der Waals surface area contributed by atoms with Gasteiger partial charge < -0.3 is 5.32 Å². The summed E-state index contributed by atoms with van der Waals surface area (Å²) in [5.74, 6) is 0. The van der Waals surface area contributed by atoms with E-state index in [1.54, 1.807) is 0 Å². The van der Waals surface area contributed by atoms with Gasteiger partial charge in [-0.1, -0.05) is 74.2 Å². The molecule has 2 aromatic carbocycles.